The van der Waals surface area contributed by atoms with E-state index in [1.165, 1.54) is 7.11 Å². The van der Waals surface area contributed by atoms with Gasteiger partial charge in [0.1, 0.15) is 0 Å². The Morgan fingerprint density at radius 2 is 1.92 bits per heavy atom. The van der Waals surface area contributed by atoms with Crippen molar-refractivity contribution in [1.82, 2.24) is 9.97 Å². The van der Waals surface area contributed by atoms with E-state index in [1.807, 2.05) is 30.3 Å². The molecule has 2 aromatic heterocycles. The largest absolute Gasteiger partial charge is 0.481 e. The lowest BCUT2D eigenvalue weighted by molar-refractivity contribution is 0.0599. The molecule has 3 rings (SSSR count). The standard InChI is InChI=1S/C19H18N2O4/c1-11-15(19(23)25-3)10-13(17(22)20-11)9-14-8-12-6-4-5-7-16(12)21-18(14)24-2/h4-8,10H,9H2,1-3H3,(H,20,22). The number of fused-ring (bicyclic) bond motifs is 1. The van der Waals surface area contributed by atoms with Gasteiger partial charge in [-0.1, -0.05) is 18.2 Å². The lowest BCUT2D eigenvalue weighted by Crippen LogP contribution is -2.18. The first-order valence-electron chi connectivity index (χ1n) is 7.77. The van der Waals surface area contributed by atoms with Crippen LogP contribution in [0.2, 0.25) is 0 Å². The van der Waals surface area contributed by atoms with Gasteiger partial charge in [0.15, 0.2) is 0 Å². The molecule has 0 bridgehead atoms. The van der Waals surface area contributed by atoms with Gasteiger partial charge in [-0.3, -0.25) is 4.79 Å². The number of esters is 1. The molecule has 0 saturated heterocycles. The summed E-state index contributed by atoms with van der Waals surface area (Å²) in [5, 5.41) is 0.954. The van der Waals surface area contributed by atoms with E-state index < -0.39 is 5.97 Å². The van der Waals surface area contributed by atoms with Crippen molar-refractivity contribution in [2.24, 2.45) is 0 Å². The van der Waals surface area contributed by atoms with Gasteiger partial charge in [0.05, 0.1) is 25.3 Å². The van der Waals surface area contributed by atoms with Gasteiger partial charge in [-0.15, -0.1) is 0 Å². The van der Waals surface area contributed by atoms with Crippen molar-refractivity contribution in [2.75, 3.05) is 14.2 Å². The Labute approximate surface area is 144 Å². The van der Waals surface area contributed by atoms with Crippen LogP contribution in [0.1, 0.15) is 27.2 Å². The summed E-state index contributed by atoms with van der Waals surface area (Å²) in [6, 6.07) is 11.2. The lowest BCUT2D eigenvalue weighted by Gasteiger charge is -2.11. The minimum Gasteiger partial charge on any atom is -0.481 e. The van der Waals surface area contributed by atoms with Gasteiger partial charge in [-0.2, -0.15) is 0 Å². The van der Waals surface area contributed by atoms with Gasteiger partial charge in [0, 0.05) is 28.6 Å². The molecule has 2 heterocycles. The summed E-state index contributed by atoms with van der Waals surface area (Å²) in [5.41, 5.74) is 2.60. The number of methoxy groups -OCH3 is 2. The molecule has 0 aliphatic carbocycles. The Balaban J connectivity index is 2.09. The molecule has 0 amide bonds. The zero-order valence-corrected chi connectivity index (χ0v) is 14.3. The van der Waals surface area contributed by atoms with Crippen LogP contribution in [0, 0.1) is 6.92 Å². The maximum Gasteiger partial charge on any atom is 0.339 e. The molecule has 6 nitrogen and oxygen atoms in total. The van der Waals surface area contributed by atoms with Gasteiger partial charge in [-0.05, 0) is 25.1 Å². The number of nitrogens with zero attached hydrogens (tertiary/aromatic N) is 1. The molecule has 0 aliphatic heterocycles. The second-order valence-corrected chi connectivity index (χ2v) is 5.68. The number of rotatable bonds is 4. The number of H-pyrrole nitrogens is 1. The minimum atomic E-state index is -0.487. The van der Waals surface area contributed by atoms with E-state index in [9.17, 15) is 9.59 Å². The quantitative estimate of drug-likeness (QED) is 0.740. The molecule has 128 valence electrons. The van der Waals surface area contributed by atoms with Gasteiger partial charge in [0.25, 0.3) is 5.56 Å². The molecule has 0 unspecified atom stereocenters. The first-order chi connectivity index (χ1) is 12.0. The van der Waals surface area contributed by atoms with Crippen LogP contribution < -0.4 is 10.3 Å². The van der Waals surface area contributed by atoms with Gasteiger partial charge in [-0.25, -0.2) is 9.78 Å². The second-order valence-electron chi connectivity index (χ2n) is 5.68. The van der Waals surface area contributed by atoms with Gasteiger partial charge in [0.2, 0.25) is 5.88 Å². The molecule has 1 aromatic carbocycles. The molecule has 0 spiro atoms. The van der Waals surface area contributed by atoms with Crippen LogP contribution in [0.5, 0.6) is 5.88 Å². The number of hydrogen-bond acceptors (Lipinski definition) is 5. The third-order valence-electron chi connectivity index (χ3n) is 4.06. The highest BCUT2D eigenvalue weighted by Crippen LogP contribution is 2.24. The van der Waals surface area contributed by atoms with Crippen LogP contribution in [0.3, 0.4) is 0 Å². The molecule has 0 radical (unpaired) electrons. The van der Waals surface area contributed by atoms with Crippen LogP contribution in [-0.2, 0) is 11.2 Å². The van der Waals surface area contributed by atoms with Crippen LogP contribution in [0.25, 0.3) is 10.9 Å². The van der Waals surface area contributed by atoms with Crippen molar-refractivity contribution in [3.8, 4) is 5.88 Å². The molecule has 0 aliphatic rings. The van der Waals surface area contributed by atoms with Gasteiger partial charge < -0.3 is 14.5 Å². The number of nitrogens with one attached hydrogen (secondary N) is 1. The van der Waals surface area contributed by atoms with E-state index in [0.29, 0.717) is 29.1 Å². The molecule has 6 heteroatoms. The Bertz CT molecular complexity index is 1010. The average molecular weight is 338 g/mol. The number of aryl methyl sites for hydroxylation is 1. The SMILES string of the molecule is COC(=O)c1cc(Cc2cc3ccccc3nc2OC)c(=O)[nH]c1C. The fourth-order valence-corrected chi connectivity index (χ4v) is 2.77. The summed E-state index contributed by atoms with van der Waals surface area (Å²) in [4.78, 5) is 31.4. The average Bonchev–Trinajstić information content (AvgIpc) is 2.62. The van der Waals surface area contributed by atoms with E-state index in [2.05, 4.69) is 9.97 Å². The zero-order chi connectivity index (χ0) is 18.0. The summed E-state index contributed by atoms with van der Waals surface area (Å²) in [5.74, 6) is -0.0307. The smallest absolute Gasteiger partial charge is 0.339 e. The fourth-order valence-electron chi connectivity index (χ4n) is 2.77. The zero-order valence-electron chi connectivity index (χ0n) is 14.3. The number of carbonyl (C=O) groups is 1. The Kier molecular flexibility index (Phi) is 4.52. The van der Waals surface area contributed by atoms with Crippen molar-refractivity contribution in [3.63, 3.8) is 0 Å². The maximum atomic E-state index is 12.3. The minimum absolute atomic E-state index is 0.250. The van der Waals surface area contributed by atoms with Crippen LogP contribution in [-0.4, -0.2) is 30.2 Å². The Morgan fingerprint density at radius 3 is 2.64 bits per heavy atom. The first kappa shape index (κ1) is 16.7. The van der Waals surface area contributed by atoms with E-state index >= 15 is 0 Å². The number of para-hydroxylation sites is 1. The summed E-state index contributed by atoms with van der Waals surface area (Å²) in [6.07, 6.45) is 0.292. The van der Waals surface area contributed by atoms with E-state index in [-0.39, 0.29) is 5.56 Å². The molecule has 0 fully saturated rings. The topological polar surface area (TPSA) is 81.3 Å². The van der Waals surface area contributed by atoms with Gasteiger partial charge >= 0.3 is 5.97 Å². The number of carbonyl (C=O) groups excluding carboxylic acids is 1. The predicted octanol–water partition coefficient (Wildman–Crippen LogP) is 2.62. The van der Waals surface area contributed by atoms with Crippen LogP contribution in [0.15, 0.2) is 41.2 Å². The normalized spacial score (nSPS) is 10.7. The van der Waals surface area contributed by atoms with E-state index in [0.717, 1.165) is 16.5 Å². The number of ether oxygens (including phenoxy) is 2. The third kappa shape index (κ3) is 3.24. The number of benzene rings is 1. The highest BCUT2D eigenvalue weighted by molar-refractivity contribution is 5.90. The molecule has 3 aromatic rings. The van der Waals surface area contributed by atoms with Crippen LogP contribution in [0.4, 0.5) is 0 Å². The first-order valence-corrected chi connectivity index (χ1v) is 7.77. The number of hydrogen-bond donors (Lipinski definition) is 1. The summed E-state index contributed by atoms with van der Waals surface area (Å²) in [7, 11) is 2.85. The maximum absolute atomic E-state index is 12.3. The Morgan fingerprint density at radius 1 is 1.16 bits per heavy atom. The summed E-state index contributed by atoms with van der Waals surface area (Å²) < 4.78 is 10.1. The number of aromatic nitrogens is 2. The molecular formula is C19H18N2O4. The summed E-state index contributed by atoms with van der Waals surface area (Å²) in [6.45, 7) is 1.66. The summed E-state index contributed by atoms with van der Waals surface area (Å²) >= 11 is 0. The van der Waals surface area contributed by atoms with Crippen molar-refractivity contribution < 1.29 is 14.3 Å². The van der Waals surface area contributed by atoms with Crippen molar-refractivity contribution in [1.29, 1.82) is 0 Å². The third-order valence-corrected chi connectivity index (χ3v) is 4.06. The molecule has 0 atom stereocenters. The van der Waals surface area contributed by atoms with Crippen molar-refractivity contribution in [3.05, 3.63) is 69.1 Å². The Hall–Kier alpha value is -3.15. The highest BCUT2D eigenvalue weighted by atomic mass is 16.5. The molecule has 0 saturated carbocycles. The lowest BCUT2D eigenvalue weighted by atomic mass is 10.0. The highest BCUT2D eigenvalue weighted by Gasteiger charge is 2.15. The van der Waals surface area contributed by atoms with E-state index in [1.54, 1.807) is 20.1 Å². The monoisotopic (exact) mass is 338 g/mol. The molecule has 1 N–H and O–H groups in total. The number of aromatic amines is 1. The molecular weight excluding hydrogens is 320 g/mol. The van der Waals surface area contributed by atoms with E-state index in [4.69, 9.17) is 9.47 Å². The fraction of sp³-hybridized carbons (Fsp3) is 0.211. The van der Waals surface area contributed by atoms with Crippen molar-refractivity contribution >= 4 is 16.9 Å². The second kappa shape index (κ2) is 6.76. The van der Waals surface area contributed by atoms with Crippen molar-refractivity contribution in [2.45, 2.75) is 13.3 Å². The predicted molar refractivity (Wildman–Crippen MR) is 94.2 cm³/mol. The number of pyridine rings is 2. The van der Waals surface area contributed by atoms with Crippen LogP contribution >= 0.6 is 0 Å². The molecule has 25 heavy (non-hydrogen) atoms.